The molecule has 0 atom stereocenters. The molecular formula is C14H18FeO2. The fourth-order valence-electron chi connectivity index (χ4n) is 1.42. The van der Waals surface area contributed by atoms with Crippen LogP contribution in [0.15, 0.2) is 48.5 Å². The van der Waals surface area contributed by atoms with E-state index in [0.717, 1.165) is 12.8 Å². The number of rotatable bonds is 4. The van der Waals surface area contributed by atoms with Gasteiger partial charge in [0.2, 0.25) is 0 Å². The molecule has 0 radical (unpaired) electrons. The van der Waals surface area contributed by atoms with Crippen molar-refractivity contribution in [3.63, 3.8) is 0 Å². The standard InChI is InChI=1S/2C7H9O.Fe/c2*8-6-5-7-3-1-2-4-7;/h2*1-4,8H,5-6H2;/q2*-1;+2. The van der Waals surface area contributed by atoms with E-state index in [1.54, 1.807) is 0 Å². The Morgan fingerprint density at radius 2 is 1.24 bits per heavy atom. The number of aliphatic hydroxyl groups excluding tert-OH is 2. The zero-order valence-electron chi connectivity index (χ0n) is 9.70. The molecule has 0 saturated carbocycles. The summed E-state index contributed by atoms with van der Waals surface area (Å²) in [5, 5.41) is 16.9. The summed E-state index contributed by atoms with van der Waals surface area (Å²) in [6.07, 6.45) is 1.57. The fourth-order valence-corrected chi connectivity index (χ4v) is 1.42. The van der Waals surface area contributed by atoms with Gasteiger partial charge in [-0.15, -0.1) is 0 Å². The van der Waals surface area contributed by atoms with Gasteiger partial charge in [0.15, 0.2) is 0 Å². The first-order chi connectivity index (χ1) is 7.86. The van der Waals surface area contributed by atoms with Crippen LogP contribution in [-0.4, -0.2) is 23.4 Å². The van der Waals surface area contributed by atoms with Gasteiger partial charge in [-0.25, -0.2) is 24.3 Å². The Kier molecular flexibility index (Phi) is 9.78. The Hall–Kier alpha value is -0.861. The van der Waals surface area contributed by atoms with Crippen molar-refractivity contribution in [1.82, 2.24) is 0 Å². The molecule has 0 fully saturated rings. The van der Waals surface area contributed by atoms with Crippen LogP contribution in [0, 0.1) is 0 Å². The van der Waals surface area contributed by atoms with E-state index in [-0.39, 0.29) is 30.3 Å². The van der Waals surface area contributed by atoms with Crippen molar-refractivity contribution in [3.05, 3.63) is 59.7 Å². The minimum atomic E-state index is 0. The van der Waals surface area contributed by atoms with Crippen molar-refractivity contribution in [1.29, 1.82) is 0 Å². The van der Waals surface area contributed by atoms with Crippen LogP contribution in [0.2, 0.25) is 0 Å². The zero-order valence-corrected chi connectivity index (χ0v) is 10.8. The molecule has 2 rings (SSSR count). The first kappa shape index (κ1) is 16.1. The average molecular weight is 274 g/mol. The van der Waals surface area contributed by atoms with Gasteiger partial charge in [0.25, 0.3) is 0 Å². The van der Waals surface area contributed by atoms with Crippen molar-refractivity contribution in [2.45, 2.75) is 12.8 Å². The molecule has 0 bridgehead atoms. The topological polar surface area (TPSA) is 40.5 Å². The summed E-state index contributed by atoms with van der Waals surface area (Å²) >= 11 is 0. The van der Waals surface area contributed by atoms with Crippen molar-refractivity contribution in [2.75, 3.05) is 13.2 Å². The largest absolute Gasteiger partial charge is 2.00 e. The smallest absolute Gasteiger partial charge is 0.396 e. The van der Waals surface area contributed by atoms with Crippen molar-refractivity contribution in [3.8, 4) is 0 Å². The van der Waals surface area contributed by atoms with Crippen molar-refractivity contribution >= 4 is 0 Å². The molecule has 0 amide bonds. The van der Waals surface area contributed by atoms with Crippen LogP contribution < -0.4 is 0 Å². The molecule has 2 nitrogen and oxygen atoms in total. The summed E-state index contributed by atoms with van der Waals surface area (Å²) in [6.45, 7) is 0.508. The monoisotopic (exact) mass is 274 g/mol. The van der Waals surface area contributed by atoms with Gasteiger partial charge in [-0.3, -0.25) is 0 Å². The van der Waals surface area contributed by atoms with Gasteiger partial charge in [-0.05, 0) is 12.8 Å². The third-order valence-electron chi connectivity index (χ3n) is 2.26. The van der Waals surface area contributed by atoms with E-state index >= 15 is 0 Å². The molecular weight excluding hydrogens is 256 g/mol. The minimum Gasteiger partial charge on any atom is -0.396 e. The quantitative estimate of drug-likeness (QED) is 0.660. The third kappa shape index (κ3) is 7.14. The van der Waals surface area contributed by atoms with Crippen LogP contribution in [0.3, 0.4) is 0 Å². The molecule has 0 saturated heterocycles. The summed E-state index contributed by atoms with van der Waals surface area (Å²) < 4.78 is 0. The van der Waals surface area contributed by atoms with E-state index < -0.39 is 0 Å². The first-order valence-electron chi connectivity index (χ1n) is 5.49. The molecule has 0 aliphatic heterocycles. The molecule has 0 aliphatic rings. The minimum absolute atomic E-state index is 0. The van der Waals surface area contributed by atoms with Crippen LogP contribution in [0.1, 0.15) is 11.1 Å². The van der Waals surface area contributed by atoms with Crippen molar-refractivity contribution in [2.24, 2.45) is 0 Å². The van der Waals surface area contributed by atoms with E-state index in [4.69, 9.17) is 10.2 Å². The Balaban J connectivity index is 0.000000284. The van der Waals surface area contributed by atoms with Crippen LogP contribution in [0.5, 0.6) is 0 Å². The summed E-state index contributed by atoms with van der Waals surface area (Å²) in [4.78, 5) is 0. The van der Waals surface area contributed by atoms with Crippen LogP contribution in [0.25, 0.3) is 0 Å². The number of hydrogen-bond acceptors (Lipinski definition) is 2. The molecule has 94 valence electrons. The van der Waals surface area contributed by atoms with Gasteiger partial charge in [-0.2, -0.15) is 35.4 Å². The average Bonchev–Trinajstić information content (AvgIpc) is 2.92. The van der Waals surface area contributed by atoms with Crippen LogP contribution in [0.4, 0.5) is 0 Å². The first-order valence-corrected chi connectivity index (χ1v) is 5.49. The van der Waals surface area contributed by atoms with Crippen molar-refractivity contribution < 1.29 is 27.3 Å². The summed E-state index contributed by atoms with van der Waals surface area (Å²) in [5.41, 5.74) is 2.43. The molecule has 2 N–H and O–H groups in total. The van der Waals surface area contributed by atoms with E-state index in [0.29, 0.717) is 0 Å². The molecule has 0 aliphatic carbocycles. The van der Waals surface area contributed by atoms with Gasteiger partial charge in [0.05, 0.1) is 0 Å². The molecule has 0 heterocycles. The van der Waals surface area contributed by atoms with Crippen LogP contribution in [-0.2, 0) is 29.9 Å². The van der Waals surface area contributed by atoms with E-state index in [9.17, 15) is 0 Å². The Morgan fingerprint density at radius 1 is 0.824 bits per heavy atom. The molecule has 2 aromatic carbocycles. The van der Waals surface area contributed by atoms with Gasteiger partial charge < -0.3 is 10.2 Å². The summed E-state index contributed by atoms with van der Waals surface area (Å²) in [6, 6.07) is 15.9. The molecule has 0 spiro atoms. The maximum atomic E-state index is 8.44. The molecule has 0 aromatic heterocycles. The second-order valence-electron chi connectivity index (χ2n) is 3.53. The predicted octanol–water partition coefficient (Wildman–Crippen LogP) is 1.88. The van der Waals surface area contributed by atoms with Gasteiger partial charge >= 0.3 is 17.1 Å². The molecule has 0 unspecified atom stereocenters. The summed E-state index contributed by atoms with van der Waals surface area (Å²) in [7, 11) is 0. The van der Waals surface area contributed by atoms with Crippen LogP contribution >= 0.6 is 0 Å². The predicted molar refractivity (Wildman–Crippen MR) is 65.6 cm³/mol. The maximum Gasteiger partial charge on any atom is 2.00 e. The molecule has 3 heteroatoms. The van der Waals surface area contributed by atoms with Gasteiger partial charge in [0, 0.05) is 13.2 Å². The fraction of sp³-hybridized carbons (Fsp3) is 0.286. The Bertz CT molecular complexity index is 302. The zero-order chi connectivity index (χ0) is 11.6. The maximum absolute atomic E-state index is 8.44. The normalized spacial score (nSPS) is 9.06. The third-order valence-corrected chi connectivity index (χ3v) is 2.26. The second-order valence-corrected chi connectivity index (χ2v) is 3.53. The molecule has 17 heavy (non-hydrogen) atoms. The van der Waals surface area contributed by atoms with Gasteiger partial charge in [-0.1, -0.05) is 0 Å². The van der Waals surface area contributed by atoms with Gasteiger partial charge in [0.1, 0.15) is 0 Å². The van der Waals surface area contributed by atoms with E-state index in [1.165, 1.54) is 11.1 Å². The SMILES string of the molecule is OCCc1ccc[cH-]1.OCCc1ccc[cH-]1.[Fe+2]. The number of aliphatic hydroxyl groups is 2. The Labute approximate surface area is 113 Å². The van der Waals surface area contributed by atoms with E-state index in [2.05, 4.69) is 0 Å². The Morgan fingerprint density at radius 3 is 1.47 bits per heavy atom. The second kappa shape index (κ2) is 10.3. The molecule has 2 aromatic rings. The van der Waals surface area contributed by atoms with E-state index in [1.807, 2.05) is 48.5 Å². The summed E-state index contributed by atoms with van der Waals surface area (Å²) in [5.74, 6) is 0. The number of hydrogen-bond donors (Lipinski definition) is 2.